The van der Waals surface area contributed by atoms with Crippen molar-refractivity contribution in [3.05, 3.63) is 24.0 Å². The minimum Gasteiger partial charge on any atom is -0.452 e. The molecule has 12 heavy (non-hydrogen) atoms. The van der Waals surface area contributed by atoms with E-state index in [2.05, 4.69) is 20.2 Å². The van der Waals surface area contributed by atoms with Crippen molar-refractivity contribution in [1.29, 1.82) is 0 Å². The Kier molecular flexibility index (Phi) is 2.89. The standard InChI is InChI=1S/C7H9N3O2/c1-12-7(11)10-9-5-6-3-2-4-8-6/h2-5,8H,1H3,(H,10,11). The quantitative estimate of drug-likeness (QED) is 0.503. The van der Waals surface area contributed by atoms with Crippen LogP contribution >= 0.6 is 0 Å². The maximum absolute atomic E-state index is 10.5. The molecule has 0 aliphatic heterocycles. The number of ether oxygens (including phenoxy) is 1. The lowest BCUT2D eigenvalue weighted by atomic mass is 10.5. The number of carbonyl (C=O) groups excluding carboxylic acids is 1. The summed E-state index contributed by atoms with van der Waals surface area (Å²) in [5.74, 6) is 0. The molecule has 0 radical (unpaired) electrons. The van der Waals surface area contributed by atoms with Crippen LogP contribution in [-0.4, -0.2) is 24.4 Å². The Morgan fingerprint density at radius 3 is 3.25 bits per heavy atom. The van der Waals surface area contributed by atoms with Crippen molar-refractivity contribution in [3.63, 3.8) is 0 Å². The largest absolute Gasteiger partial charge is 0.452 e. The summed E-state index contributed by atoms with van der Waals surface area (Å²) in [6, 6.07) is 3.65. The summed E-state index contributed by atoms with van der Waals surface area (Å²) in [4.78, 5) is 13.4. The molecule has 0 bridgehead atoms. The number of hydrazone groups is 1. The molecule has 1 heterocycles. The van der Waals surface area contributed by atoms with Crippen LogP contribution in [0.5, 0.6) is 0 Å². The zero-order valence-electron chi connectivity index (χ0n) is 6.57. The van der Waals surface area contributed by atoms with E-state index in [1.54, 1.807) is 6.20 Å². The van der Waals surface area contributed by atoms with E-state index >= 15 is 0 Å². The molecule has 0 aromatic carbocycles. The predicted molar refractivity (Wildman–Crippen MR) is 43.9 cm³/mol. The van der Waals surface area contributed by atoms with E-state index in [-0.39, 0.29) is 0 Å². The second-order valence-corrected chi connectivity index (χ2v) is 1.99. The predicted octanol–water partition coefficient (Wildman–Crippen LogP) is 0.705. The number of aromatic amines is 1. The average Bonchev–Trinajstić information content (AvgIpc) is 2.57. The Balaban J connectivity index is 2.37. The number of nitrogens with zero attached hydrogens (tertiary/aromatic N) is 1. The van der Waals surface area contributed by atoms with Crippen molar-refractivity contribution < 1.29 is 9.53 Å². The van der Waals surface area contributed by atoms with Crippen LogP contribution in [0.1, 0.15) is 5.69 Å². The molecule has 0 saturated carbocycles. The van der Waals surface area contributed by atoms with Crippen LogP contribution in [0.3, 0.4) is 0 Å². The minimum atomic E-state index is -0.585. The first kappa shape index (κ1) is 8.32. The first-order valence-corrected chi connectivity index (χ1v) is 3.33. The highest BCUT2D eigenvalue weighted by atomic mass is 16.5. The molecule has 5 heteroatoms. The first-order chi connectivity index (χ1) is 5.83. The molecule has 2 N–H and O–H groups in total. The fourth-order valence-corrected chi connectivity index (χ4v) is 0.625. The van der Waals surface area contributed by atoms with Crippen LogP contribution in [-0.2, 0) is 4.74 Å². The van der Waals surface area contributed by atoms with Gasteiger partial charge in [0, 0.05) is 6.20 Å². The van der Waals surface area contributed by atoms with E-state index < -0.39 is 6.09 Å². The lowest BCUT2D eigenvalue weighted by molar-refractivity contribution is 0.171. The molecular formula is C7H9N3O2. The fourth-order valence-electron chi connectivity index (χ4n) is 0.625. The van der Waals surface area contributed by atoms with Crippen LogP contribution in [0.15, 0.2) is 23.4 Å². The summed E-state index contributed by atoms with van der Waals surface area (Å²) in [7, 11) is 1.28. The van der Waals surface area contributed by atoms with Crippen LogP contribution in [0.4, 0.5) is 4.79 Å². The molecule has 0 spiro atoms. The van der Waals surface area contributed by atoms with E-state index in [1.165, 1.54) is 13.3 Å². The second-order valence-electron chi connectivity index (χ2n) is 1.99. The molecular weight excluding hydrogens is 158 g/mol. The zero-order valence-corrected chi connectivity index (χ0v) is 6.57. The number of rotatable bonds is 2. The maximum Gasteiger partial charge on any atom is 0.427 e. The van der Waals surface area contributed by atoms with Gasteiger partial charge in [0.15, 0.2) is 0 Å². The van der Waals surface area contributed by atoms with Gasteiger partial charge in [0.1, 0.15) is 0 Å². The number of H-pyrrole nitrogens is 1. The smallest absolute Gasteiger partial charge is 0.427 e. The Morgan fingerprint density at radius 2 is 2.67 bits per heavy atom. The van der Waals surface area contributed by atoms with Crippen molar-refractivity contribution >= 4 is 12.3 Å². The summed E-state index contributed by atoms with van der Waals surface area (Å²) in [5.41, 5.74) is 2.97. The van der Waals surface area contributed by atoms with Crippen molar-refractivity contribution in [2.45, 2.75) is 0 Å². The molecule has 0 atom stereocenters. The molecule has 0 aliphatic carbocycles. The van der Waals surface area contributed by atoms with Gasteiger partial charge in [0.2, 0.25) is 0 Å². The van der Waals surface area contributed by atoms with Gasteiger partial charge in [-0.3, -0.25) is 0 Å². The Bertz CT molecular complexity index is 266. The maximum atomic E-state index is 10.5. The number of carbonyl (C=O) groups is 1. The van der Waals surface area contributed by atoms with Crippen LogP contribution < -0.4 is 5.43 Å². The van der Waals surface area contributed by atoms with Crippen LogP contribution in [0.2, 0.25) is 0 Å². The van der Waals surface area contributed by atoms with Crippen molar-refractivity contribution in [3.8, 4) is 0 Å². The van der Waals surface area contributed by atoms with E-state index in [4.69, 9.17) is 0 Å². The molecule has 0 saturated heterocycles. The lowest BCUT2D eigenvalue weighted by Gasteiger charge is -1.93. The SMILES string of the molecule is COC(=O)NN=Cc1ccc[nH]1. The highest BCUT2D eigenvalue weighted by molar-refractivity contribution is 5.78. The average molecular weight is 167 g/mol. The van der Waals surface area contributed by atoms with Gasteiger partial charge in [0.05, 0.1) is 19.0 Å². The van der Waals surface area contributed by atoms with Gasteiger partial charge in [0.25, 0.3) is 0 Å². The third kappa shape index (κ3) is 2.45. The van der Waals surface area contributed by atoms with Gasteiger partial charge < -0.3 is 9.72 Å². The summed E-state index contributed by atoms with van der Waals surface area (Å²) in [5, 5.41) is 3.60. The van der Waals surface area contributed by atoms with E-state index in [9.17, 15) is 4.79 Å². The normalized spacial score (nSPS) is 10.1. The van der Waals surface area contributed by atoms with Gasteiger partial charge in [-0.2, -0.15) is 5.10 Å². The third-order valence-electron chi connectivity index (χ3n) is 1.17. The Morgan fingerprint density at radius 1 is 1.83 bits per heavy atom. The number of methoxy groups -OCH3 is 1. The van der Waals surface area contributed by atoms with Gasteiger partial charge >= 0.3 is 6.09 Å². The Labute approximate surface area is 69.4 Å². The van der Waals surface area contributed by atoms with Crippen LogP contribution in [0, 0.1) is 0 Å². The molecule has 5 nitrogen and oxygen atoms in total. The van der Waals surface area contributed by atoms with E-state index in [0.29, 0.717) is 0 Å². The molecule has 64 valence electrons. The molecule has 0 aliphatic rings. The number of aromatic nitrogens is 1. The summed E-state index contributed by atoms with van der Waals surface area (Å²) < 4.78 is 4.30. The zero-order chi connectivity index (χ0) is 8.81. The molecule has 1 aromatic heterocycles. The number of hydrogen-bond acceptors (Lipinski definition) is 3. The van der Waals surface area contributed by atoms with E-state index in [1.807, 2.05) is 12.1 Å². The minimum absolute atomic E-state index is 0.585. The highest BCUT2D eigenvalue weighted by Crippen LogP contribution is 1.87. The van der Waals surface area contributed by atoms with E-state index in [0.717, 1.165) is 5.69 Å². The van der Waals surface area contributed by atoms with Crippen molar-refractivity contribution in [2.75, 3.05) is 7.11 Å². The second kappa shape index (κ2) is 4.17. The van der Waals surface area contributed by atoms with Crippen LogP contribution in [0.25, 0.3) is 0 Å². The molecule has 1 rings (SSSR count). The third-order valence-corrected chi connectivity index (χ3v) is 1.17. The molecule has 1 aromatic rings. The van der Waals surface area contributed by atoms with Gasteiger partial charge in [-0.25, -0.2) is 10.2 Å². The number of hydrogen-bond donors (Lipinski definition) is 2. The summed E-state index contributed by atoms with van der Waals surface area (Å²) >= 11 is 0. The van der Waals surface area contributed by atoms with Gasteiger partial charge in [-0.05, 0) is 12.1 Å². The molecule has 1 amide bonds. The van der Waals surface area contributed by atoms with Gasteiger partial charge in [-0.1, -0.05) is 0 Å². The summed E-state index contributed by atoms with van der Waals surface area (Å²) in [6.07, 6.45) is 2.66. The van der Waals surface area contributed by atoms with Crippen molar-refractivity contribution in [1.82, 2.24) is 10.4 Å². The first-order valence-electron chi connectivity index (χ1n) is 3.33. The monoisotopic (exact) mass is 167 g/mol. The highest BCUT2D eigenvalue weighted by Gasteiger charge is 1.92. The molecule has 0 unspecified atom stereocenters. The Hall–Kier alpha value is -1.78. The number of nitrogens with one attached hydrogen (secondary N) is 2. The molecule has 0 fully saturated rings. The number of amides is 1. The topological polar surface area (TPSA) is 66.5 Å². The lowest BCUT2D eigenvalue weighted by Crippen LogP contribution is -2.16. The summed E-state index contributed by atoms with van der Waals surface area (Å²) in [6.45, 7) is 0. The fraction of sp³-hybridized carbons (Fsp3) is 0.143. The van der Waals surface area contributed by atoms with Gasteiger partial charge in [-0.15, -0.1) is 0 Å². The van der Waals surface area contributed by atoms with Crippen molar-refractivity contribution in [2.24, 2.45) is 5.10 Å².